The van der Waals surface area contributed by atoms with E-state index in [1.165, 1.54) is 0 Å². The molecule has 0 aromatic carbocycles. The Balaban J connectivity index is 4.01. The molecule has 112 valence electrons. The van der Waals surface area contributed by atoms with Crippen molar-refractivity contribution in [1.29, 1.82) is 0 Å². The molecule has 3 unspecified atom stereocenters. The highest BCUT2D eigenvalue weighted by molar-refractivity contribution is 5.72. The van der Waals surface area contributed by atoms with Gasteiger partial charge in [0.05, 0.1) is 18.4 Å². The first kappa shape index (κ1) is 17.9. The van der Waals surface area contributed by atoms with E-state index in [0.29, 0.717) is 13.0 Å². The molecule has 0 aromatic heterocycles. The van der Waals surface area contributed by atoms with Crippen LogP contribution in [0.4, 0.5) is 0 Å². The molecule has 0 amide bonds. The summed E-state index contributed by atoms with van der Waals surface area (Å²) in [5.74, 6) is -0.479. The van der Waals surface area contributed by atoms with Crippen LogP contribution < -0.4 is 0 Å². The Bertz CT molecular complexity index is 275. The van der Waals surface area contributed by atoms with Crippen LogP contribution in [0.15, 0.2) is 0 Å². The number of carbonyl (C=O) groups excluding carboxylic acids is 2. The SMILES string of the molecule is CCC(CCOC(=O)C(C)CC)OC(=O)C(C)CC. The molecule has 0 bridgehead atoms. The van der Waals surface area contributed by atoms with Crippen molar-refractivity contribution in [2.45, 2.75) is 66.4 Å². The maximum atomic E-state index is 11.7. The van der Waals surface area contributed by atoms with Crippen LogP contribution in [-0.2, 0) is 19.1 Å². The van der Waals surface area contributed by atoms with Crippen LogP contribution in [0.2, 0.25) is 0 Å². The highest BCUT2D eigenvalue weighted by Crippen LogP contribution is 2.11. The van der Waals surface area contributed by atoms with Gasteiger partial charge in [-0.2, -0.15) is 0 Å². The Morgan fingerprint density at radius 2 is 1.42 bits per heavy atom. The van der Waals surface area contributed by atoms with Crippen LogP contribution in [0.5, 0.6) is 0 Å². The van der Waals surface area contributed by atoms with Crippen molar-refractivity contribution in [3.8, 4) is 0 Å². The van der Waals surface area contributed by atoms with Crippen molar-refractivity contribution in [2.75, 3.05) is 6.61 Å². The van der Waals surface area contributed by atoms with Crippen molar-refractivity contribution in [2.24, 2.45) is 11.8 Å². The van der Waals surface area contributed by atoms with Crippen molar-refractivity contribution >= 4 is 11.9 Å². The van der Waals surface area contributed by atoms with Gasteiger partial charge in [-0.1, -0.05) is 34.6 Å². The maximum Gasteiger partial charge on any atom is 0.308 e. The second-order valence-corrected chi connectivity index (χ2v) is 5.04. The van der Waals surface area contributed by atoms with E-state index in [4.69, 9.17) is 9.47 Å². The van der Waals surface area contributed by atoms with E-state index in [0.717, 1.165) is 19.3 Å². The fraction of sp³-hybridized carbons (Fsp3) is 0.867. The zero-order valence-corrected chi connectivity index (χ0v) is 12.9. The number of hydrogen-bond acceptors (Lipinski definition) is 4. The molecule has 0 saturated carbocycles. The lowest BCUT2D eigenvalue weighted by atomic mass is 10.1. The second-order valence-electron chi connectivity index (χ2n) is 5.04. The summed E-state index contributed by atoms with van der Waals surface area (Å²) in [7, 11) is 0. The van der Waals surface area contributed by atoms with Gasteiger partial charge < -0.3 is 9.47 Å². The molecule has 0 aliphatic rings. The molecule has 0 heterocycles. The van der Waals surface area contributed by atoms with Crippen LogP contribution in [-0.4, -0.2) is 24.6 Å². The summed E-state index contributed by atoms with van der Waals surface area (Å²) >= 11 is 0. The minimum atomic E-state index is -0.175. The van der Waals surface area contributed by atoms with Crippen molar-refractivity contribution in [3.05, 3.63) is 0 Å². The van der Waals surface area contributed by atoms with Crippen LogP contribution in [0, 0.1) is 11.8 Å². The summed E-state index contributed by atoms with van der Waals surface area (Å²) in [6, 6.07) is 0. The molecule has 4 heteroatoms. The van der Waals surface area contributed by atoms with Gasteiger partial charge in [0.1, 0.15) is 6.10 Å². The number of rotatable bonds is 9. The molecule has 0 rings (SSSR count). The highest BCUT2D eigenvalue weighted by Gasteiger charge is 2.18. The van der Waals surface area contributed by atoms with E-state index in [9.17, 15) is 9.59 Å². The van der Waals surface area contributed by atoms with E-state index in [1.54, 1.807) is 0 Å². The number of hydrogen-bond donors (Lipinski definition) is 0. The maximum absolute atomic E-state index is 11.7. The van der Waals surface area contributed by atoms with E-state index < -0.39 is 0 Å². The Hall–Kier alpha value is -1.06. The molecule has 0 aliphatic heterocycles. The standard InChI is InChI=1S/C15H28O4/c1-6-11(4)14(16)18-10-9-13(8-3)19-15(17)12(5)7-2/h11-13H,6-10H2,1-5H3. The van der Waals surface area contributed by atoms with Gasteiger partial charge in [-0.3, -0.25) is 9.59 Å². The van der Waals surface area contributed by atoms with E-state index in [1.807, 2.05) is 34.6 Å². The molecule has 19 heavy (non-hydrogen) atoms. The molecule has 4 nitrogen and oxygen atoms in total. The van der Waals surface area contributed by atoms with Crippen LogP contribution in [0.25, 0.3) is 0 Å². The first-order chi connectivity index (χ1) is 8.96. The zero-order chi connectivity index (χ0) is 14.8. The Morgan fingerprint density at radius 3 is 1.89 bits per heavy atom. The fourth-order valence-corrected chi connectivity index (χ4v) is 1.39. The van der Waals surface area contributed by atoms with Gasteiger partial charge in [0.25, 0.3) is 0 Å². The summed E-state index contributed by atoms with van der Waals surface area (Å²) < 4.78 is 10.6. The second kappa shape index (κ2) is 9.82. The molecule has 0 aromatic rings. The molecule has 0 radical (unpaired) electrons. The molecule has 0 spiro atoms. The third kappa shape index (κ3) is 7.19. The molecule has 3 atom stereocenters. The quantitative estimate of drug-likeness (QED) is 0.604. The lowest BCUT2D eigenvalue weighted by molar-refractivity contribution is -0.156. The molecular weight excluding hydrogens is 244 g/mol. The normalized spacial score (nSPS) is 15.4. The summed E-state index contributed by atoms with van der Waals surface area (Å²) in [5.41, 5.74) is 0. The first-order valence-corrected chi connectivity index (χ1v) is 7.33. The Kier molecular flexibility index (Phi) is 9.27. The smallest absolute Gasteiger partial charge is 0.308 e. The lowest BCUT2D eigenvalue weighted by Crippen LogP contribution is -2.24. The monoisotopic (exact) mass is 272 g/mol. The molecule has 0 aliphatic carbocycles. The number of carbonyl (C=O) groups is 2. The van der Waals surface area contributed by atoms with Crippen molar-refractivity contribution < 1.29 is 19.1 Å². The minimum absolute atomic E-state index is 0.0669. The average molecular weight is 272 g/mol. The van der Waals surface area contributed by atoms with Gasteiger partial charge in [-0.15, -0.1) is 0 Å². The van der Waals surface area contributed by atoms with Gasteiger partial charge >= 0.3 is 11.9 Å². The van der Waals surface area contributed by atoms with Gasteiger partial charge in [-0.05, 0) is 19.3 Å². The van der Waals surface area contributed by atoms with E-state index >= 15 is 0 Å². The molecule has 0 saturated heterocycles. The predicted molar refractivity (Wildman–Crippen MR) is 74.7 cm³/mol. The average Bonchev–Trinajstić information content (AvgIpc) is 2.43. The third-order valence-corrected chi connectivity index (χ3v) is 3.45. The Morgan fingerprint density at radius 1 is 0.895 bits per heavy atom. The van der Waals surface area contributed by atoms with Gasteiger partial charge in [0.15, 0.2) is 0 Å². The molecular formula is C15H28O4. The van der Waals surface area contributed by atoms with Gasteiger partial charge in [0, 0.05) is 6.42 Å². The predicted octanol–water partition coefficient (Wildman–Crippen LogP) is 3.33. The fourth-order valence-electron chi connectivity index (χ4n) is 1.39. The largest absolute Gasteiger partial charge is 0.465 e. The summed E-state index contributed by atoms with van der Waals surface area (Å²) in [6.07, 6.45) is 2.70. The number of esters is 2. The summed E-state index contributed by atoms with van der Waals surface area (Å²) in [4.78, 5) is 23.2. The first-order valence-electron chi connectivity index (χ1n) is 7.33. The van der Waals surface area contributed by atoms with Gasteiger partial charge in [-0.25, -0.2) is 0 Å². The third-order valence-electron chi connectivity index (χ3n) is 3.45. The Labute approximate surface area is 116 Å². The number of ether oxygens (including phenoxy) is 2. The summed E-state index contributed by atoms with van der Waals surface area (Å²) in [6.45, 7) is 9.90. The van der Waals surface area contributed by atoms with Crippen LogP contribution in [0.3, 0.4) is 0 Å². The zero-order valence-electron chi connectivity index (χ0n) is 12.9. The lowest BCUT2D eigenvalue weighted by Gasteiger charge is -2.18. The summed E-state index contributed by atoms with van der Waals surface area (Å²) in [5, 5.41) is 0. The molecule has 0 N–H and O–H groups in total. The van der Waals surface area contributed by atoms with Gasteiger partial charge in [0.2, 0.25) is 0 Å². The van der Waals surface area contributed by atoms with E-state index in [-0.39, 0.29) is 29.9 Å². The topological polar surface area (TPSA) is 52.6 Å². The van der Waals surface area contributed by atoms with Crippen molar-refractivity contribution in [3.63, 3.8) is 0 Å². The minimum Gasteiger partial charge on any atom is -0.465 e. The molecule has 0 fully saturated rings. The van der Waals surface area contributed by atoms with Crippen LogP contribution >= 0.6 is 0 Å². The van der Waals surface area contributed by atoms with Crippen molar-refractivity contribution in [1.82, 2.24) is 0 Å². The van der Waals surface area contributed by atoms with E-state index in [2.05, 4.69) is 0 Å². The van der Waals surface area contributed by atoms with Crippen LogP contribution in [0.1, 0.15) is 60.3 Å². The highest BCUT2D eigenvalue weighted by atomic mass is 16.6.